The maximum absolute atomic E-state index is 13.3. The van der Waals surface area contributed by atoms with Gasteiger partial charge >= 0.3 is 35.9 Å². The Morgan fingerprint density at radius 1 is 0.733 bits per heavy atom. The predicted molar refractivity (Wildman–Crippen MR) is 154 cm³/mol. The molecule has 1 aliphatic heterocycles. The van der Waals surface area contributed by atoms with Gasteiger partial charge in [0.15, 0.2) is 12.2 Å². The van der Waals surface area contributed by atoms with E-state index >= 15 is 0 Å². The maximum Gasteiger partial charge on any atom is 0.414 e. The standard InChI is InChI=1S/C31H33NO13/c1-6-15-39-29(37)23-13-8-7-11-21(23)22-12-9-10-14-24(22)32-31(38)45-30-28(43-20(5)36)27(42-19(4)35)26(41-18(3)34)25(44-30)16-40-17(2)33/h6-14,25-28,30H,1,15-16H2,2-5H3,(H,32,38)/t25-,26+,27+,28-,30+/m1/s1. The lowest BCUT2D eigenvalue weighted by Crippen LogP contribution is -2.63. The number of anilines is 1. The van der Waals surface area contributed by atoms with Crippen LogP contribution in [0.15, 0.2) is 61.2 Å². The monoisotopic (exact) mass is 627 g/mol. The fourth-order valence-corrected chi connectivity index (χ4v) is 4.46. The molecule has 0 radical (unpaired) electrons. The molecule has 5 atom stereocenters. The smallest absolute Gasteiger partial charge is 0.414 e. The maximum atomic E-state index is 13.3. The van der Waals surface area contributed by atoms with Crippen LogP contribution in [0.5, 0.6) is 0 Å². The molecule has 2 aromatic carbocycles. The van der Waals surface area contributed by atoms with E-state index in [2.05, 4.69) is 11.9 Å². The third-order valence-corrected chi connectivity index (χ3v) is 6.10. The number of hydrogen-bond donors (Lipinski definition) is 1. The van der Waals surface area contributed by atoms with Crippen LogP contribution in [-0.4, -0.2) is 79.9 Å². The second-order valence-corrected chi connectivity index (χ2v) is 9.58. The minimum atomic E-state index is -1.74. The number of para-hydroxylation sites is 1. The summed E-state index contributed by atoms with van der Waals surface area (Å²) in [5.41, 5.74) is 1.32. The van der Waals surface area contributed by atoms with Crippen molar-refractivity contribution in [2.24, 2.45) is 0 Å². The summed E-state index contributed by atoms with van der Waals surface area (Å²) in [5.74, 6) is -3.82. The molecule has 0 bridgehead atoms. The van der Waals surface area contributed by atoms with Crippen LogP contribution >= 0.6 is 0 Å². The van der Waals surface area contributed by atoms with Gasteiger partial charge < -0.3 is 33.2 Å². The van der Waals surface area contributed by atoms with Gasteiger partial charge in [-0.3, -0.25) is 24.5 Å². The molecule has 0 aliphatic carbocycles. The summed E-state index contributed by atoms with van der Waals surface area (Å²) in [5, 5.41) is 2.58. The minimum absolute atomic E-state index is 0.00458. The molecule has 3 rings (SSSR count). The van der Waals surface area contributed by atoms with Crippen molar-refractivity contribution in [3.8, 4) is 11.1 Å². The van der Waals surface area contributed by atoms with Crippen molar-refractivity contribution in [1.29, 1.82) is 0 Å². The van der Waals surface area contributed by atoms with Gasteiger partial charge in [0.2, 0.25) is 12.4 Å². The molecule has 1 aliphatic rings. The molecular formula is C31H33NO13. The van der Waals surface area contributed by atoms with Gasteiger partial charge in [-0.05, 0) is 17.7 Å². The molecule has 1 fully saturated rings. The van der Waals surface area contributed by atoms with Gasteiger partial charge in [0.05, 0.1) is 11.3 Å². The lowest BCUT2D eigenvalue weighted by molar-refractivity contribution is -0.293. The number of hydrogen-bond acceptors (Lipinski definition) is 13. The number of rotatable bonds is 11. The zero-order valence-corrected chi connectivity index (χ0v) is 25.0. The van der Waals surface area contributed by atoms with Crippen molar-refractivity contribution in [3.63, 3.8) is 0 Å². The average molecular weight is 628 g/mol. The van der Waals surface area contributed by atoms with Crippen molar-refractivity contribution in [3.05, 3.63) is 66.7 Å². The third-order valence-electron chi connectivity index (χ3n) is 6.10. The fourth-order valence-electron chi connectivity index (χ4n) is 4.46. The summed E-state index contributed by atoms with van der Waals surface area (Å²) in [6, 6.07) is 13.1. The van der Waals surface area contributed by atoms with Crippen molar-refractivity contribution >= 4 is 41.6 Å². The quantitative estimate of drug-likeness (QED) is 0.218. The van der Waals surface area contributed by atoms with Crippen molar-refractivity contribution in [1.82, 2.24) is 0 Å². The Balaban J connectivity index is 1.95. The first-order chi connectivity index (χ1) is 21.4. The molecule has 2 aromatic rings. The van der Waals surface area contributed by atoms with Crippen molar-refractivity contribution < 1.29 is 61.9 Å². The molecule has 1 saturated heterocycles. The van der Waals surface area contributed by atoms with Crippen LogP contribution in [0.4, 0.5) is 10.5 Å². The topological polar surface area (TPSA) is 179 Å². The Hall–Kier alpha value is -5.24. The van der Waals surface area contributed by atoms with E-state index in [0.29, 0.717) is 11.1 Å². The van der Waals surface area contributed by atoms with E-state index in [1.165, 1.54) is 6.08 Å². The van der Waals surface area contributed by atoms with E-state index in [9.17, 15) is 28.8 Å². The largest absolute Gasteiger partial charge is 0.463 e. The van der Waals surface area contributed by atoms with Gasteiger partial charge in [-0.2, -0.15) is 0 Å². The highest BCUT2D eigenvalue weighted by Crippen LogP contribution is 2.33. The highest BCUT2D eigenvalue weighted by Gasteiger charge is 2.53. The second kappa shape index (κ2) is 16.0. The molecule has 1 amide bonds. The molecule has 14 nitrogen and oxygen atoms in total. The Morgan fingerprint density at radius 3 is 1.93 bits per heavy atom. The third kappa shape index (κ3) is 9.63. The molecule has 0 aromatic heterocycles. The summed E-state index contributed by atoms with van der Waals surface area (Å²) < 4.78 is 37.5. The first kappa shape index (κ1) is 34.3. The van der Waals surface area contributed by atoms with Crippen molar-refractivity contribution in [2.75, 3.05) is 18.5 Å². The molecule has 1 N–H and O–H groups in total. The van der Waals surface area contributed by atoms with Crippen LogP contribution in [0.3, 0.4) is 0 Å². The average Bonchev–Trinajstić information content (AvgIpc) is 2.97. The van der Waals surface area contributed by atoms with Crippen LogP contribution in [0, 0.1) is 0 Å². The van der Waals surface area contributed by atoms with E-state index in [-0.39, 0.29) is 17.9 Å². The first-order valence-electron chi connectivity index (χ1n) is 13.7. The van der Waals surface area contributed by atoms with Crippen LogP contribution in [-0.2, 0) is 52.3 Å². The lowest BCUT2D eigenvalue weighted by Gasteiger charge is -2.43. The highest BCUT2D eigenvalue weighted by molar-refractivity contribution is 6.01. The van der Waals surface area contributed by atoms with Gasteiger partial charge in [0, 0.05) is 33.3 Å². The van der Waals surface area contributed by atoms with Gasteiger partial charge in [0.1, 0.15) is 19.3 Å². The number of nitrogens with one attached hydrogen (secondary N) is 1. The Morgan fingerprint density at radius 2 is 1.31 bits per heavy atom. The number of carbonyl (C=O) groups excluding carboxylic acids is 6. The minimum Gasteiger partial charge on any atom is -0.463 e. The number of carbonyl (C=O) groups is 6. The Bertz CT molecular complexity index is 1440. The molecule has 1 heterocycles. The van der Waals surface area contributed by atoms with E-state index in [4.69, 9.17) is 33.2 Å². The summed E-state index contributed by atoms with van der Waals surface area (Å²) in [4.78, 5) is 73.5. The SMILES string of the molecule is C=CCOC(=O)c1ccccc1-c1ccccc1NC(=O)O[C@@H]1O[C@H](COC(C)=O)[C@H](OC(C)=O)[C@H](OC(C)=O)[C@H]1OC(C)=O. The fraction of sp³-hybridized carbons (Fsp3) is 0.355. The highest BCUT2D eigenvalue weighted by atomic mass is 16.8. The Kier molecular flexibility index (Phi) is 12.2. The summed E-state index contributed by atoms with van der Waals surface area (Å²) in [7, 11) is 0. The van der Waals surface area contributed by atoms with Gasteiger partial charge in [-0.25, -0.2) is 9.59 Å². The molecule has 45 heavy (non-hydrogen) atoms. The second-order valence-electron chi connectivity index (χ2n) is 9.58. The van der Waals surface area contributed by atoms with E-state index in [0.717, 1.165) is 27.7 Å². The first-order valence-corrected chi connectivity index (χ1v) is 13.7. The Labute approximate surface area is 258 Å². The van der Waals surface area contributed by atoms with Gasteiger partial charge in [-0.15, -0.1) is 0 Å². The summed E-state index contributed by atoms with van der Waals surface area (Å²) >= 11 is 0. The normalized spacial score (nSPS) is 20.5. The van der Waals surface area contributed by atoms with E-state index < -0.39 is 73.3 Å². The lowest BCUT2D eigenvalue weighted by atomic mass is 9.98. The molecule has 14 heteroatoms. The number of esters is 5. The van der Waals surface area contributed by atoms with Crippen LogP contribution < -0.4 is 5.32 Å². The van der Waals surface area contributed by atoms with Crippen molar-refractivity contribution in [2.45, 2.75) is 58.4 Å². The summed E-state index contributed by atoms with van der Waals surface area (Å²) in [6.07, 6.45) is -7.27. The summed E-state index contributed by atoms with van der Waals surface area (Å²) in [6.45, 7) is 7.37. The molecule has 240 valence electrons. The zero-order chi connectivity index (χ0) is 33.1. The van der Waals surface area contributed by atoms with Crippen LogP contribution in [0.1, 0.15) is 38.1 Å². The van der Waals surface area contributed by atoms with E-state index in [1.807, 2.05) is 0 Å². The van der Waals surface area contributed by atoms with Gasteiger partial charge in [-0.1, -0.05) is 49.1 Å². The van der Waals surface area contributed by atoms with Crippen LogP contribution in [0.2, 0.25) is 0 Å². The van der Waals surface area contributed by atoms with E-state index in [1.54, 1.807) is 48.5 Å². The molecular weight excluding hydrogens is 594 g/mol. The predicted octanol–water partition coefficient (Wildman–Crippen LogP) is 3.33. The molecule has 0 spiro atoms. The number of benzene rings is 2. The molecule has 0 unspecified atom stereocenters. The number of amides is 1. The van der Waals surface area contributed by atoms with Crippen LogP contribution in [0.25, 0.3) is 11.1 Å². The number of ether oxygens (including phenoxy) is 7. The van der Waals surface area contributed by atoms with Gasteiger partial charge in [0.25, 0.3) is 0 Å². The molecule has 0 saturated carbocycles. The zero-order valence-electron chi connectivity index (χ0n) is 25.0.